The zero-order chi connectivity index (χ0) is 13.7. The minimum absolute atomic E-state index is 0.104. The van der Waals surface area contributed by atoms with Crippen LogP contribution in [0.3, 0.4) is 0 Å². The fourth-order valence-electron chi connectivity index (χ4n) is 2.15. The minimum Gasteiger partial charge on any atom is -0.399 e. The van der Waals surface area contributed by atoms with Crippen molar-refractivity contribution in [1.82, 2.24) is 10.2 Å². The average Bonchev–Trinajstić information content (AvgIpc) is 2.81. The normalized spacial score (nSPS) is 14.7. The van der Waals surface area contributed by atoms with Crippen molar-refractivity contribution in [1.29, 1.82) is 0 Å². The molecule has 5 nitrogen and oxygen atoms in total. The largest absolute Gasteiger partial charge is 0.399 e. The molecule has 1 aromatic rings. The Morgan fingerprint density at radius 3 is 2.68 bits per heavy atom. The molecule has 0 atom stereocenters. The lowest BCUT2D eigenvalue weighted by Gasteiger charge is -2.15. The molecule has 2 rings (SSSR count). The van der Waals surface area contributed by atoms with Crippen LogP contribution in [0.5, 0.6) is 0 Å². The molecule has 0 spiro atoms. The Bertz CT molecular complexity index is 456. The van der Waals surface area contributed by atoms with Crippen LogP contribution in [-0.2, 0) is 4.79 Å². The van der Waals surface area contributed by atoms with Crippen LogP contribution < -0.4 is 11.1 Å². The molecule has 0 unspecified atom stereocenters. The lowest BCUT2D eigenvalue weighted by molar-refractivity contribution is -0.127. The monoisotopic (exact) mass is 261 g/mol. The molecule has 19 heavy (non-hydrogen) atoms. The van der Waals surface area contributed by atoms with Gasteiger partial charge in [-0.25, -0.2) is 0 Å². The van der Waals surface area contributed by atoms with Crippen molar-refractivity contribution in [3.8, 4) is 0 Å². The van der Waals surface area contributed by atoms with E-state index >= 15 is 0 Å². The number of likely N-dealkylation sites (tertiary alicyclic amines) is 1. The summed E-state index contributed by atoms with van der Waals surface area (Å²) in [5.74, 6) is 0.123. The summed E-state index contributed by atoms with van der Waals surface area (Å²) in [5, 5.41) is 2.84. The van der Waals surface area contributed by atoms with E-state index in [9.17, 15) is 9.59 Å². The average molecular weight is 261 g/mol. The number of carbonyl (C=O) groups is 2. The van der Waals surface area contributed by atoms with E-state index in [2.05, 4.69) is 5.32 Å². The fourth-order valence-corrected chi connectivity index (χ4v) is 2.15. The SMILES string of the molecule is Nc1ccc(C(=O)NCCCN2CCCC2=O)cc1. The molecule has 0 saturated carbocycles. The summed E-state index contributed by atoms with van der Waals surface area (Å²) in [5.41, 5.74) is 6.81. The van der Waals surface area contributed by atoms with Crippen LogP contribution in [0.25, 0.3) is 0 Å². The second-order valence-corrected chi connectivity index (χ2v) is 4.72. The Hall–Kier alpha value is -2.04. The predicted octanol–water partition coefficient (Wildman–Crippen LogP) is 1.01. The van der Waals surface area contributed by atoms with Gasteiger partial charge in [-0.1, -0.05) is 0 Å². The molecule has 1 aliphatic rings. The number of nitrogens with one attached hydrogen (secondary N) is 1. The van der Waals surface area contributed by atoms with E-state index in [1.165, 1.54) is 0 Å². The van der Waals surface area contributed by atoms with Gasteiger partial charge in [0.1, 0.15) is 0 Å². The summed E-state index contributed by atoms with van der Waals surface area (Å²) in [7, 11) is 0. The lowest BCUT2D eigenvalue weighted by Crippen LogP contribution is -2.30. The third-order valence-electron chi connectivity index (χ3n) is 3.23. The number of nitrogen functional groups attached to an aromatic ring is 1. The van der Waals surface area contributed by atoms with Gasteiger partial charge in [0.05, 0.1) is 0 Å². The van der Waals surface area contributed by atoms with Crippen LogP contribution in [0.2, 0.25) is 0 Å². The first-order chi connectivity index (χ1) is 9.16. The van der Waals surface area contributed by atoms with Gasteiger partial charge in [-0.15, -0.1) is 0 Å². The van der Waals surface area contributed by atoms with Gasteiger partial charge in [0.25, 0.3) is 5.91 Å². The van der Waals surface area contributed by atoms with Crippen molar-refractivity contribution in [2.24, 2.45) is 0 Å². The standard InChI is InChI=1S/C14H19N3O2/c15-12-6-4-11(5-7-12)14(19)16-8-2-10-17-9-1-3-13(17)18/h4-7H,1-3,8-10,15H2,(H,16,19). The molecule has 0 radical (unpaired) electrons. The molecule has 0 aliphatic carbocycles. The number of anilines is 1. The van der Waals surface area contributed by atoms with Gasteiger partial charge in [0, 0.05) is 37.3 Å². The third kappa shape index (κ3) is 3.71. The number of benzene rings is 1. The molecule has 1 heterocycles. The van der Waals surface area contributed by atoms with Gasteiger partial charge in [-0.3, -0.25) is 9.59 Å². The van der Waals surface area contributed by atoms with Gasteiger partial charge >= 0.3 is 0 Å². The van der Waals surface area contributed by atoms with Gasteiger partial charge in [0.15, 0.2) is 0 Å². The number of amides is 2. The maximum atomic E-state index is 11.8. The van der Waals surface area contributed by atoms with Crippen molar-refractivity contribution in [2.75, 3.05) is 25.4 Å². The minimum atomic E-state index is -0.104. The fraction of sp³-hybridized carbons (Fsp3) is 0.429. The quantitative estimate of drug-likeness (QED) is 0.613. The maximum absolute atomic E-state index is 11.8. The number of nitrogens with two attached hydrogens (primary N) is 1. The van der Waals surface area contributed by atoms with E-state index in [4.69, 9.17) is 5.73 Å². The first-order valence-corrected chi connectivity index (χ1v) is 6.58. The molecule has 2 amide bonds. The second-order valence-electron chi connectivity index (χ2n) is 4.72. The highest BCUT2D eigenvalue weighted by Gasteiger charge is 2.18. The molecule has 0 aromatic heterocycles. The van der Waals surface area contributed by atoms with Gasteiger partial charge in [0.2, 0.25) is 5.91 Å². The topological polar surface area (TPSA) is 75.4 Å². The predicted molar refractivity (Wildman–Crippen MR) is 73.6 cm³/mol. The van der Waals surface area contributed by atoms with Crippen LogP contribution in [0.4, 0.5) is 5.69 Å². The van der Waals surface area contributed by atoms with Crippen molar-refractivity contribution in [2.45, 2.75) is 19.3 Å². The Balaban J connectivity index is 1.69. The van der Waals surface area contributed by atoms with Gasteiger partial charge in [-0.05, 0) is 37.1 Å². The number of rotatable bonds is 5. The van der Waals surface area contributed by atoms with Crippen molar-refractivity contribution in [3.63, 3.8) is 0 Å². The molecule has 1 saturated heterocycles. The van der Waals surface area contributed by atoms with Gasteiger partial charge in [-0.2, -0.15) is 0 Å². The third-order valence-corrected chi connectivity index (χ3v) is 3.23. The van der Waals surface area contributed by atoms with Crippen LogP contribution in [0.15, 0.2) is 24.3 Å². The van der Waals surface area contributed by atoms with Crippen molar-refractivity contribution in [3.05, 3.63) is 29.8 Å². The number of hydrogen-bond donors (Lipinski definition) is 2. The Morgan fingerprint density at radius 1 is 1.32 bits per heavy atom. The van der Waals surface area contributed by atoms with E-state index in [-0.39, 0.29) is 11.8 Å². The summed E-state index contributed by atoms with van der Waals surface area (Å²) >= 11 is 0. The summed E-state index contributed by atoms with van der Waals surface area (Å²) in [6, 6.07) is 6.82. The zero-order valence-electron chi connectivity index (χ0n) is 10.9. The molecule has 1 aromatic carbocycles. The van der Waals surface area contributed by atoms with Crippen LogP contribution in [0, 0.1) is 0 Å². The van der Waals surface area contributed by atoms with Crippen LogP contribution in [0.1, 0.15) is 29.6 Å². The first kappa shape index (κ1) is 13.4. The Labute approximate surface area is 112 Å². The molecule has 1 aliphatic heterocycles. The van der Waals surface area contributed by atoms with E-state index in [1.807, 2.05) is 4.90 Å². The summed E-state index contributed by atoms with van der Waals surface area (Å²) < 4.78 is 0. The summed E-state index contributed by atoms with van der Waals surface area (Å²) in [6.07, 6.45) is 2.40. The molecular weight excluding hydrogens is 242 g/mol. The Kier molecular flexibility index (Phi) is 4.39. The molecule has 102 valence electrons. The summed E-state index contributed by atoms with van der Waals surface area (Å²) in [6.45, 7) is 2.15. The number of carbonyl (C=O) groups excluding carboxylic acids is 2. The molecule has 0 bridgehead atoms. The number of hydrogen-bond acceptors (Lipinski definition) is 3. The molecule has 3 N–H and O–H groups in total. The van der Waals surface area contributed by atoms with Crippen molar-refractivity contribution < 1.29 is 9.59 Å². The second kappa shape index (κ2) is 6.22. The highest BCUT2D eigenvalue weighted by Crippen LogP contribution is 2.09. The number of nitrogens with zero attached hydrogens (tertiary/aromatic N) is 1. The molecule has 5 heteroatoms. The highest BCUT2D eigenvalue weighted by atomic mass is 16.2. The smallest absolute Gasteiger partial charge is 0.251 e. The van der Waals surface area contributed by atoms with Crippen molar-refractivity contribution >= 4 is 17.5 Å². The molecule has 1 fully saturated rings. The van der Waals surface area contributed by atoms with E-state index in [0.717, 1.165) is 25.9 Å². The van der Waals surface area contributed by atoms with E-state index < -0.39 is 0 Å². The maximum Gasteiger partial charge on any atom is 0.251 e. The summed E-state index contributed by atoms with van der Waals surface area (Å²) in [4.78, 5) is 25.0. The Morgan fingerprint density at radius 2 is 2.05 bits per heavy atom. The first-order valence-electron chi connectivity index (χ1n) is 6.58. The van der Waals surface area contributed by atoms with Crippen LogP contribution >= 0.6 is 0 Å². The van der Waals surface area contributed by atoms with E-state index in [1.54, 1.807) is 24.3 Å². The van der Waals surface area contributed by atoms with E-state index in [0.29, 0.717) is 24.2 Å². The van der Waals surface area contributed by atoms with Crippen LogP contribution in [-0.4, -0.2) is 36.3 Å². The highest BCUT2D eigenvalue weighted by molar-refractivity contribution is 5.94. The van der Waals surface area contributed by atoms with Gasteiger partial charge < -0.3 is 16.0 Å². The lowest BCUT2D eigenvalue weighted by atomic mass is 10.2. The molecular formula is C14H19N3O2. The zero-order valence-corrected chi connectivity index (χ0v) is 10.9.